The van der Waals surface area contributed by atoms with Gasteiger partial charge in [-0.1, -0.05) is 6.42 Å². The molecule has 0 bridgehead atoms. The quantitative estimate of drug-likeness (QED) is 0.119. The van der Waals surface area contributed by atoms with Crippen molar-refractivity contribution in [2.45, 2.75) is 50.2 Å². The summed E-state index contributed by atoms with van der Waals surface area (Å²) in [5, 5.41) is 33.7. The second kappa shape index (κ2) is 16.1. The SMILES string of the molecule is O=C(NCCCCCC(=O)N1CCNCCNCCNCC1)[C@H]1O[C@@H](n2cnc3c(=O)[nH]cnc32)[C@H](O)[C@@H]1O.[Cu+2]. The summed E-state index contributed by atoms with van der Waals surface area (Å²) in [5.41, 5.74) is -0.223. The average molecular weight is 613 g/mol. The van der Waals surface area contributed by atoms with Crippen molar-refractivity contribution in [3.05, 3.63) is 23.0 Å². The predicted octanol–water partition coefficient (Wildman–Crippen LogP) is -2.98. The molecule has 2 aliphatic rings. The molecule has 4 atom stereocenters. The molecular formula is C24H39CuN9O6+2. The predicted molar refractivity (Wildman–Crippen MR) is 141 cm³/mol. The summed E-state index contributed by atoms with van der Waals surface area (Å²) in [6.45, 7) is 6.76. The van der Waals surface area contributed by atoms with Gasteiger partial charge in [-0.2, -0.15) is 0 Å². The number of aliphatic hydroxyl groups excluding tert-OH is 2. The van der Waals surface area contributed by atoms with Crippen molar-refractivity contribution in [1.82, 2.24) is 45.7 Å². The van der Waals surface area contributed by atoms with Crippen LogP contribution in [-0.4, -0.2) is 124 Å². The van der Waals surface area contributed by atoms with Gasteiger partial charge in [0.1, 0.15) is 12.2 Å². The molecule has 0 aromatic carbocycles. The minimum Gasteiger partial charge on any atom is -0.387 e. The molecule has 40 heavy (non-hydrogen) atoms. The Kier molecular flexibility index (Phi) is 12.9. The number of carbonyl (C=O) groups excluding carboxylic acids is 2. The van der Waals surface area contributed by atoms with Crippen LogP contribution in [0.5, 0.6) is 0 Å². The number of unbranched alkanes of at least 4 members (excludes halogenated alkanes) is 2. The number of aromatic nitrogens is 4. The van der Waals surface area contributed by atoms with E-state index >= 15 is 0 Å². The molecule has 2 saturated heterocycles. The van der Waals surface area contributed by atoms with Crippen LogP contribution >= 0.6 is 0 Å². The average Bonchev–Trinajstić information content (AvgIpc) is 3.48. The van der Waals surface area contributed by atoms with Crippen LogP contribution in [0.15, 0.2) is 17.4 Å². The summed E-state index contributed by atoms with van der Waals surface area (Å²) < 4.78 is 6.99. The number of hydrogen-bond acceptors (Lipinski definition) is 11. The maximum Gasteiger partial charge on any atom is 2.00 e. The van der Waals surface area contributed by atoms with Gasteiger partial charge in [-0.05, 0) is 12.8 Å². The summed E-state index contributed by atoms with van der Waals surface area (Å²) >= 11 is 0. The Morgan fingerprint density at radius 2 is 1.65 bits per heavy atom. The second-order valence-corrected chi connectivity index (χ2v) is 9.72. The number of nitrogens with one attached hydrogen (secondary N) is 5. The third kappa shape index (κ3) is 8.30. The van der Waals surface area contributed by atoms with Gasteiger partial charge in [-0.15, -0.1) is 0 Å². The van der Waals surface area contributed by atoms with Crippen LogP contribution in [0.25, 0.3) is 11.2 Å². The summed E-state index contributed by atoms with van der Waals surface area (Å²) in [7, 11) is 0. The zero-order valence-electron chi connectivity index (χ0n) is 22.3. The van der Waals surface area contributed by atoms with E-state index in [0.29, 0.717) is 38.9 Å². The molecule has 15 nitrogen and oxygen atoms in total. The summed E-state index contributed by atoms with van der Waals surface area (Å²) in [6, 6.07) is 0. The zero-order chi connectivity index (χ0) is 27.6. The number of H-pyrrole nitrogens is 1. The van der Waals surface area contributed by atoms with Crippen LogP contribution in [0.2, 0.25) is 0 Å². The third-order valence-electron chi connectivity index (χ3n) is 6.93. The fourth-order valence-electron chi connectivity index (χ4n) is 4.72. The van der Waals surface area contributed by atoms with Crippen molar-refractivity contribution in [3.63, 3.8) is 0 Å². The Morgan fingerprint density at radius 1 is 0.975 bits per heavy atom. The minimum atomic E-state index is -1.47. The number of aromatic amines is 1. The molecular weight excluding hydrogens is 574 g/mol. The van der Waals surface area contributed by atoms with Crippen LogP contribution in [0, 0.1) is 0 Å². The van der Waals surface area contributed by atoms with Gasteiger partial charge in [-0.3, -0.25) is 19.0 Å². The number of fused-ring (bicyclic) bond motifs is 1. The minimum absolute atomic E-state index is 0. The molecule has 1 radical (unpaired) electrons. The molecule has 2 aromatic rings. The fourth-order valence-corrected chi connectivity index (χ4v) is 4.72. The van der Waals surface area contributed by atoms with E-state index in [4.69, 9.17) is 4.74 Å². The first-order chi connectivity index (χ1) is 19.0. The van der Waals surface area contributed by atoms with Crippen LogP contribution in [0.3, 0.4) is 0 Å². The molecule has 0 unspecified atom stereocenters. The van der Waals surface area contributed by atoms with Crippen molar-refractivity contribution in [3.8, 4) is 0 Å². The van der Waals surface area contributed by atoms with Gasteiger partial charge in [0.25, 0.3) is 11.5 Å². The number of rotatable bonds is 8. The first kappa shape index (κ1) is 32.1. The smallest absolute Gasteiger partial charge is 0.387 e. The van der Waals surface area contributed by atoms with Crippen LogP contribution in [-0.2, 0) is 31.4 Å². The van der Waals surface area contributed by atoms with Crippen molar-refractivity contribution in [1.29, 1.82) is 0 Å². The molecule has 2 amide bonds. The Balaban J connectivity index is 0.00000441. The van der Waals surface area contributed by atoms with Gasteiger partial charge in [0.05, 0.1) is 12.7 Å². The Bertz CT molecular complexity index is 1140. The van der Waals surface area contributed by atoms with Gasteiger partial charge in [0, 0.05) is 65.3 Å². The number of ether oxygens (including phenoxy) is 1. The van der Waals surface area contributed by atoms with Crippen molar-refractivity contribution in [2.75, 3.05) is 58.9 Å². The molecule has 0 saturated carbocycles. The molecule has 4 rings (SSSR count). The molecule has 0 spiro atoms. The van der Waals surface area contributed by atoms with E-state index in [-0.39, 0.29) is 34.1 Å². The molecule has 4 heterocycles. The van der Waals surface area contributed by atoms with E-state index in [2.05, 4.69) is 36.2 Å². The first-order valence-electron chi connectivity index (χ1n) is 13.6. The monoisotopic (exact) mass is 612 g/mol. The molecule has 2 fully saturated rings. The molecule has 225 valence electrons. The summed E-state index contributed by atoms with van der Waals surface area (Å²) in [4.78, 5) is 49.6. The zero-order valence-corrected chi connectivity index (χ0v) is 23.2. The molecule has 2 aliphatic heterocycles. The largest absolute Gasteiger partial charge is 2.00 e. The normalized spacial score (nSPS) is 24.6. The maximum atomic E-state index is 12.7. The molecule has 7 N–H and O–H groups in total. The van der Waals surface area contributed by atoms with Gasteiger partial charge >= 0.3 is 17.1 Å². The fraction of sp³-hybridized carbons (Fsp3) is 0.708. The van der Waals surface area contributed by atoms with Crippen LogP contribution < -0.4 is 26.8 Å². The Hall–Kier alpha value is -2.43. The second-order valence-electron chi connectivity index (χ2n) is 9.72. The number of hydrogen-bond donors (Lipinski definition) is 7. The van der Waals surface area contributed by atoms with Crippen LogP contribution in [0.1, 0.15) is 31.9 Å². The number of nitrogens with zero attached hydrogens (tertiary/aromatic N) is 4. The Labute approximate surface area is 242 Å². The van der Waals surface area contributed by atoms with E-state index < -0.39 is 36.0 Å². The van der Waals surface area contributed by atoms with E-state index in [9.17, 15) is 24.6 Å². The third-order valence-corrected chi connectivity index (χ3v) is 6.93. The van der Waals surface area contributed by atoms with Gasteiger partial charge in [-0.25, -0.2) is 9.97 Å². The van der Waals surface area contributed by atoms with Gasteiger partial charge in [0.2, 0.25) is 5.91 Å². The Morgan fingerprint density at radius 3 is 2.35 bits per heavy atom. The number of aliphatic hydroxyl groups is 2. The summed E-state index contributed by atoms with van der Waals surface area (Å²) in [5.74, 6) is -0.422. The molecule has 16 heteroatoms. The van der Waals surface area contributed by atoms with Crippen molar-refractivity contribution in [2.24, 2.45) is 0 Å². The maximum absolute atomic E-state index is 12.7. The number of carbonyl (C=O) groups is 2. The van der Waals surface area contributed by atoms with Crippen LogP contribution in [0.4, 0.5) is 0 Å². The molecule has 2 aromatic heterocycles. The number of amides is 2. The van der Waals surface area contributed by atoms with Gasteiger partial charge < -0.3 is 46.1 Å². The topological polar surface area (TPSA) is 199 Å². The van der Waals surface area contributed by atoms with E-state index in [0.717, 1.165) is 45.7 Å². The van der Waals surface area contributed by atoms with E-state index in [1.165, 1.54) is 17.2 Å². The first-order valence-corrected chi connectivity index (χ1v) is 13.6. The number of imidazole rings is 1. The summed E-state index contributed by atoms with van der Waals surface area (Å²) in [6.07, 6.45) is -0.269. The standard InChI is InChI=1S/C24H39N9O6.Cu/c34-16(32-12-10-26-8-6-25-7-9-27-11-13-32)4-2-1-3-5-28-23(38)20-18(35)19(36)24(39-20)33-15-31-17-21(33)29-14-30-22(17)37;/h14-15,18-20,24-27,35-36H,1-13H2,(H,28,38)(H,29,30,37);/q;+2/t18-,19+,20-,24+;/m0./s1. The van der Waals surface area contributed by atoms with Crippen molar-refractivity contribution < 1.29 is 41.6 Å². The van der Waals surface area contributed by atoms with E-state index in [1.807, 2.05) is 4.90 Å². The molecule has 0 aliphatic carbocycles. The van der Waals surface area contributed by atoms with Crippen molar-refractivity contribution >= 4 is 23.0 Å². The van der Waals surface area contributed by atoms with Gasteiger partial charge in [0.15, 0.2) is 23.5 Å². The van der Waals surface area contributed by atoms with E-state index in [1.54, 1.807) is 0 Å².